The van der Waals surface area contributed by atoms with Crippen LogP contribution in [0.3, 0.4) is 0 Å². The van der Waals surface area contributed by atoms with Crippen LogP contribution in [-0.4, -0.2) is 13.1 Å². The summed E-state index contributed by atoms with van der Waals surface area (Å²) in [6, 6.07) is 6.49. The third-order valence-electron chi connectivity index (χ3n) is 4.91. The minimum Gasteiger partial charge on any atom is -0.399 e. The van der Waals surface area contributed by atoms with Gasteiger partial charge < -0.3 is 10.6 Å². The number of hydrogen-bond donors (Lipinski definition) is 1. The maximum Gasteiger partial charge on any atom is 0.0370 e. The van der Waals surface area contributed by atoms with E-state index in [1.54, 1.807) is 0 Å². The zero-order valence-electron chi connectivity index (χ0n) is 11.4. The van der Waals surface area contributed by atoms with Gasteiger partial charge in [0.15, 0.2) is 0 Å². The molecule has 1 saturated heterocycles. The van der Waals surface area contributed by atoms with Gasteiger partial charge in [0.2, 0.25) is 0 Å². The van der Waals surface area contributed by atoms with Crippen LogP contribution in [0.5, 0.6) is 0 Å². The van der Waals surface area contributed by atoms with Crippen LogP contribution in [0.1, 0.15) is 37.7 Å². The Bertz CT molecular complexity index is 427. The monoisotopic (exact) mass is 244 g/mol. The SMILES string of the molecule is Cc1cc(N2CCC3CCCCC3C2)ccc1N. The molecule has 1 heterocycles. The van der Waals surface area contributed by atoms with Crippen molar-refractivity contribution in [2.45, 2.75) is 39.0 Å². The summed E-state index contributed by atoms with van der Waals surface area (Å²) in [7, 11) is 0. The molecule has 0 aromatic heterocycles. The number of fused-ring (bicyclic) bond motifs is 1. The highest BCUT2D eigenvalue weighted by Crippen LogP contribution is 2.37. The minimum absolute atomic E-state index is 0.909. The summed E-state index contributed by atoms with van der Waals surface area (Å²) in [5.41, 5.74) is 9.39. The zero-order valence-corrected chi connectivity index (χ0v) is 11.4. The molecule has 2 unspecified atom stereocenters. The van der Waals surface area contributed by atoms with E-state index < -0.39 is 0 Å². The second kappa shape index (κ2) is 4.83. The first-order valence-corrected chi connectivity index (χ1v) is 7.35. The van der Waals surface area contributed by atoms with Crippen LogP contribution in [0.15, 0.2) is 18.2 Å². The quantitative estimate of drug-likeness (QED) is 0.765. The minimum atomic E-state index is 0.909. The largest absolute Gasteiger partial charge is 0.399 e. The van der Waals surface area contributed by atoms with E-state index >= 15 is 0 Å². The van der Waals surface area contributed by atoms with E-state index in [9.17, 15) is 0 Å². The number of hydrogen-bond acceptors (Lipinski definition) is 2. The molecule has 2 fully saturated rings. The summed E-state index contributed by atoms with van der Waals surface area (Å²) in [6.07, 6.45) is 7.19. The van der Waals surface area contributed by atoms with Crippen molar-refractivity contribution in [1.29, 1.82) is 0 Å². The van der Waals surface area contributed by atoms with Gasteiger partial charge in [-0.1, -0.05) is 19.3 Å². The van der Waals surface area contributed by atoms with Crippen LogP contribution in [-0.2, 0) is 0 Å². The van der Waals surface area contributed by atoms with Gasteiger partial charge in [-0.15, -0.1) is 0 Å². The van der Waals surface area contributed by atoms with E-state index in [2.05, 4.69) is 30.0 Å². The Morgan fingerprint density at radius 1 is 1.11 bits per heavy atom. The number of aryl methyl sites for hydroxylation is 1. The maximum absolute atomic E-state index is 5.91. The molecule has 2 atom stereocenters. The normalized spacial score (nSPS) is 27.9. The molecule has 2 nitrogen and oxygen atoms in total. The van der Waals surface area contributed by atoms with Crippen LogP contribution < -0.4 is 10.6 Å². The highest BCUT2D eigenvalue weighted by molar-refractivity contribution is 5.58. The number of piperidine rings is 1. The van der Waals surface area contributed by atoms with Gasteiger partial charge in [0, 0.05) is 24.5 Å². The lowest BCUT2D eigenvalue weighted by Gasteiger charge is -2.42. The Labute approximate surface area is 110 Å². The lowest BCUT2D eigenvalue weighted by Crippen LogP contribution is -2.41. The van der Waals surface area contributed by atoms with E-state index in [4.69, 9.17) is 5.73 Å². The summed E-state index contributed by atoms with van der Waals surface area (Å²) in [4.78, 5) is 2.57. The van der Waals surface area contributed by atoms with Crippen LogP contribution in [0, 0.1) is 18.8 Å². The Morgan fingerprint density at radius 3 is 2.67 bits per heavy atom. The van der Waals surface area contributed by atoms with Crippen molar-refractivity contribution in [3.05, 3.63) is 23.8 Å². The summed E-state index contributed by atoms with van der Waals surface area (Å²) in [6.45, 7) is 4.59. The predicted octanol–water partition coefficient (Wildman–Crippen LogP) is 3.59. The first kappa shape index (κ1) is 11.9. The van der Waals surface area contributed by atoms with E-state index in [0.717, 1.165) is 17.5 Å². The molecule has 1 aliphatic heterocycles. The molecule has 1 aromatic rings. The second-order valence-corrected chi connectivity index (χ2v) is 6.08. The molecular weight excluding hydrogens is 220 g/mol. The Morgan fingerprint density at radius 2 is 1.89 bits per heavy atom. The summed E-state index contributed by atoms with van der Waals surface area (Å²) >= 11 is 0. The molecule has 0 spiro atoms. The van der Waals surface area contributed by atoms with Gasteiger partial charge in [-0.25, -0.2) is 0 Å². The molecule has 2 N–H and O–H groups in total. The third-order valence-corrected chi connectivity index (χ3v) is 4.91. The van der Waals surface area contributed by atoms with Crippen molar-refractivity contribution in [2.75, 3.05) is 23.7 Å². The van der Waals surface area contributed by atoms with Crippen molar-refractivity contribution in [3.8, 4) is 0 Å². The molecule has 2 aliphatic rings. The molecule has 98 valence electrons. The van der Waals surface area contributed by atoms with Gasteiger partial charge in [0.05, 0.1) is 0 Å². The van der Waals surface area contributed by atoms with Crippen LogP contribution >= 0.6 is 0 Å². The van der Waals surface area contributed by atoms with E-state index in [0.29, 0.717) is 0 Å². The average molecular weight is 244 g/mol. The highest BCUT2D eigenvalue weighted by Gasteiger charge is 2.31. The van der Waals surface area contributed by atoms with E-state index in [1.807, 2.05) is 0 Å². The summed E-state index contributed by atoms with van der Waals surface area (Å²) in [5, 5.41) is 0. The van der Waals surface area contributed by atoms with Crippen molar-refractivity contribution in [2.24, 2.45) is 11.8 Å². The topological polar surface area (TPSA) is 29.3 Å². The van der Waals surface area contributed by atoms with Crippen molar-refractivity contribution in [3.63, 3.8) is 0 Å². The van der Waals surface area contributed by atoms with Gasteiger partial charge in [-0.2, -0.15) is 0 Å². The molecular formula is C16H24N2. The first-order chi connectivity index (χ1) is 8.74. The van der Waals surface area contributed by atoms with E-state index in [-0.39, 0.29) is 0 Å². The molecule has 2 heteroatoms. The number of nitrogen functional groups attached to an aromatic ring is 1. The fraction of sp³-hybridized carbons (Fsp3) is 0.625. The van der Waals surface area contributed by atoms with Crippen LogP contribution in [0.2, 0.25) is 0 Å². The van der Waals surface area contributed by atoms with Gasteiger partial charge in [-0.3, -0.25) is 0 Å². The van der Waals surface area contributed by atoms with Crippen LogP contribution in [0.25, 0.3) is 0 Å². The molecule has 0 bridgehead atoms. The smallest absolute Gasteiger partial charge is 0.0370 e. The van der Waals surface area contributed by atoms with Crippen molar-refractivity contribution in [1.82, 2.24) is 0 Å². The standard InChI is InChI=1S/C16H24N2/c1-12-10-15(6-7-16(12)17)18-9-8-13-4-2-3-5-14(13)11-18/h6-7,10,13-14H,2-5,8-9,11,17H2,1H3. The van der Waals surface area contributed by atoms with Gasteiger partial charge >= 0.3 is 0 Å². The van der Waals surface area contributed by atoms with Crippen molar-refractivity contribution >= 4 is 11.4 Å². The molecule has 0 radical (unpaired) electrons. The van der Waals surface area contributed by atoms with Gasteiger partial charge in [-0.05, 0) is 55.4 Å². The summed E-state index contributed by atoms with van der Waals surface area (Å²) < 4.78 is 0. The summed E-state index contributed by atoms with van der Waals surface area (Å²) in [5.74, 6) is 1.94. The molecule has 3 rings (SSSR count). The number of nitrogens with two attached hydrogens (primary N) is 1. The lowest BCUT2D eigenvalue weighted by atomic mass is 9.75. The van der Waals surface area contributed by atoms with Gasteiger partial charge in [0.1, 0.15) is 0 Å². The lowest BCUT2D eigenvalue weighted by molar-refractivity contribution is 0.202. The molecule has 1 aromatic carbocycles. The van der Waals surface area contributed by atoms with Crippen molar-refractivity contribution < 1.29 is 0 Å². The fourth-order valence-corrected chi connectivity index (χ4v) is 3.69. The Balaban J connectivity index is 1.75. The Kier molecular flexibility index (Phi) is 3.19. The Hall–Kier alpha value is -1.18. The second-order valence-electron chi connectivity index (χ2n) is 6.08. The van der Waals surface area contributed by atoms with Gasteiger partial charge in [0.25, 0.3) is 0 Å². The average Bonchev–Trinajstić information content (AvgIpc) is 2.41. The third kappa shape index (κ3) is 2.21. The predicted molar refractivity (Wildman–Crippen MR) is 77.9 cm³/mol. The number of nitrogens with zero attached hydrogens (tertiary/aromatic N) is 1. The number of rotatable bonds is 1. The fourth-order valence-electron chi connectivity index (χ4n) is 3.69. The first-order valence-electron chi connectivity index (χ1n) is 7.35. The maximum atomic E-state index is 5.91. The molecule has 0 amide bonds. The van der Waals surface area contributed by atoms with Crippen LogP contribution in [0.4, 0.5) is 11.4 Å². The molecule has 1 aliphatic carbocycles. The number of benzene rings is 1. The highest BCUT2D eigenvalue weighted by atomic mass is 15.1. The molecule has 1 saturated carbocycles. The number of anilines is 2. The molecule has 18 heavy (non-hydrogen) atoms. The van der Waals surface area contributed by atoms with E-state index in [1.165, 1.54) is 56.4 Å². The zero-order chi connectivity index (χ0) is 12.5.